The number of primary amides is 1. The van der Waals surface area contributed by atoms with E-state index in [0.29, 0.717) is 48.4 Å². The van der Waals surface area contributed by atoms with Gasteiger partial charge in [-0.2, -0.15) is 15.2 Å². The van der Waals surface area contributed by atoms with Gasteiger partial charge in [0, 0.05) is 83.8 Å². The topological polar surface area (TPSA) is 225 Å². The van der Waals surface area contributed by atoms with Gasteiger partial charge in [0.05, 0.1) is 55.6 Å². The lowest BCUT2D eigenvalue weighted by molar-refractivity contribution is -0.148. The number of aryl methyl sites for hydroxylation is 2. The summed E-state index contributed by atoms with van der Waals surface area (Å²) < 4.78 is 79.7. The molecule has 430 valence electrons. The van der Waals surface area contributed by atoms with E-state index in [1.54, 1.807) is 9.47 Å². The zero-order valence-corrected chi connectivity index (χ0v) is 47.3. The first-order chi connectivity index (χ1) is 39.8. The number of rotatable bonds is 9. The minimum Gasteiger partial charge on any atom is -0.461 e. The lowest BCUT2D eigenvalue weighted by atomic mass is 9.84. The highest BCUT2D eigenvalue weighted by Gasteiger charge is 2.49. The van der Waals surface area contributed by atoms with Crippen molar-refractivity contribution in [2.75, 3.05) is 56.6 Å². The summed E-state index contributed by atoms with van der Waals surface area (Å²) in [6, 6.07) is 6.51. The van der Waals surface area contributed by atoms with Crippen LogP contribution in [0.4, 0.5) is 33.2 Å². The maximum atomic E-state index is 17.2. The van der Waals surface area contributed by atoms with Gasteiger partial charge in [0.15, 0.2) is 5.82 Å². The van der Waals surface area contributed by atoms with E-state index in [4.69, 9.17) is 47.2 Å². The number of allylic oxidation sites excluding steroid dienone is 2. The molecule has 7 aliphatic rings. The molecule has 0 spiro atoms. The number of hydrogen-bond donors (Lipinski definition) is 2. The van der Waals surface area contributed by atoms with E-state index in [2.05, 4.69) is 16.5 Å². The predicted molar refractivity (Wildman–Crippen MR) is 305 cm³/mol. The minimum atomic E-state index is -1.03. The molecule has 0 radical (unpaired) electrons. The number of cyclic esters (lactones) is 1. The number of anilines is 2. The Morgan fingerprint density at radius 3 is 2.60 bits per heavy atom. The number of aromatic nitrogens is 4. The van der Waals surface area contributed by atoms with Gasteiger partial charge < -0.3 is 40.0 Å². The maximum absolute atomic E-state index is 17.2. The van der Waals surface area contributed by atoms with Crippen molar-refractivity contribution >= 4 is 84.9 Å². The average Bonchev–Trinajstić information content (AvgIpc) is 1.98. The molecule has 0 saturated carbocycles. The first kappa shape index (κ1) is 55.7. The quantitative estimate of drug-likeness (QED) is 0.0802. The van der Waals surface area contributed by atoms with Crippen LogP contribution in [0, 0.1) is 29.9 Å². The fourth-order valence-electron chi connectivity index (χ4n) is 13.4. The molecule has 6 aromatic rings. The van der Waals surface area contributed by atoms with Crippen molar-refractivity contribution < 1.29 is 46.2 Å². The van der Waals surface area contributed by atoms with E-state index >= 15 is 8.78 Å². The van der Waals surface area contributed by atoms with Crippen molar-refractivity contribution in [1.29, 1.82) is 5.26 Å². The summed E-state index contributed by atoms with van der Waals surface area (Å²) in [7, 11) is 0. The van der Waals surface area contributed by atoms with Crippen molar-refractivity contribution in [3.63, 3.8) is 0 Å². The van der Waals surface area contributed by atoms with Crippen LogP contribution < -0.4 is 36.4 Å². The number of nitrogen functional groups attached to an aromatic ring is 1. The first-order valence-corrected chi connectivity index (χ1v) is 28.8. The second-order valence-electron chi connectivity index (χ2n) is 22.3. The molecule has 83 heavy (non-hydrogen) atoms. The molecule has 2 amide bonds. The van der Waals surface area contributed by atoms with E-state index in [0.717, 1.165) is 83.5 Å². The van der Waals surface area contributed by atoms with Gasteiger partial charge in [-0.05, 0) is 98.9 Å². The number of carbonyl (C=O) groups is 3. The van der Waals surface area contributed by atoms with Crippen molar-refractivity contribution in [2.24, 2.45) is 5.73 Å². The molecule has 23 heteroatoms. The van der Waals surface area contributed by atoms with Crippen LogP contribution in [0.15, 0.2) is 47.3 Å². The van der Waals surface area contributed by atoms with Crippen LogP contribution in [0.3, 0.4) is 0 Å². The van der Waals surface area contributed by atoms with Crippen LogP contribution in [-0.2, 0) is 45.1 Å². The summed E-state index contributed by atoms with van der Waals surface area (Å²) in [4.78, 5) is 69.4. The number of hydrogen-bond acceptors (Lipinski definition) is 15. The molecule has 4 aromatic heterocycles. The van der Waals surface area contributed by atoms with Crippen molar-refractivity contribution in [2.45, 2.75) is 109 Å². The Hall–Kier alpha value is -7.87. The molecule has 3 fully saturated rings. The number of nitriles is 1. The maximum Gasteiger partial charge on any atom is 0.404 e. The predicted octanol–water partition coefficient (Wildman–Crippen LogP) is 7.73. The molecule has 4 atom stereocenters. The lowest BCUT2D eigenvalue weighted by Gasteiger charge is -2.41. The van der Waals surface area contributed by atoms with Crippen LogP contribution in [0.5, 0.6) is 6.01 Å². The zero-order valence-electron chi connectivity index (χ0n) is 45.7. The fraction of sp³-hybridized carbons (Fsp3) is 0.400. The summed E-state index contributed by atoms with van der Waals surface area (Å²) >= 11 is 7.81. The number of carbonyl (C=O) groups excluding carboxylic acids is 3. The normalized spacial score (nSPS) is 21.3. The van der Waals surface area contributed by atoms with E-state index in [9.17, 15) is 33.2 Å². The summed E-state index contributed by atoms with van der Waals surface area (Å²) in [5, 5.41) is 11.5. The van der Waals surface area contributed by atoms with Gasteiger partial charge in [-0.15, -0.1) is 11.3 Å². The first-order valence-electron chi connectivity index (χ1n) is 27.6. The van der Waals surface area contributed by atoms with Crippen LogP contribution in [-0.4, -0.2) is 111 Å². The Balaban J connectivity index is 0.000000190. The standard InChI is InChI=1S/C36H36ClF3N8O4S.C24H21FN2O3/c1-18(16-51-34(43)50)33(49)46-9-10-48(19(2)14-46)32-22-11-24(37)27(21-5-3-6-25(39)30-26(21)23(13-41)31(42)53-30)28(40)29(22)44-35(45-32)52-17-36-7-4-8-47(36)15-20(38)12-36;1-3-12-15-7-20-22-16(9-27(20)23(28)17(15)10-30-24(12)29)14-6-4-5-13-11(2)18(25)8-19(26-22)21(13)14/h3,5,11,19-20H,1,4,6-10,12,14-17,42H2,2H3,(H2,43,50);7-8,12H,3-6,9-10H2,1-2H3/t19-,20?,36-;/m0./s1. The third-order valence-electron chi connectivity index (χ3n) is 17.5. The highest BCUT2D eigenvalue weighted by molar-refractivity contribution is 7.14. The van der Waals surface area contributed by atoms with Crippen molar-refractivity contribution in [3.05, 3.63) is 124 Å². The third kappa shape index (κ3) is 9.35. The Morgan fingerprint density at radius 1 is 1.05 bits per heavy atom. The van der Waals surface area contributed by atoms with Crippen LogP contribution in [0.1, 0.15) is 103 Å². The zero-order chi connectivity index (χ0) is 58.5. The summed E-state index contributed by atoms with van der Waals surface area (Å²) in [5.41, 5.74) is 18.0. The number of pyridine rings is 2. The lowest BCUT2D eigenvalue weighted by Crippen LogP contribution is -2.54. The largest absolute Gasteiger partial charge is 0.461 e. The minimum absolute atomic E-state index is 0.0119. The van der Waals surface area contributed by atoms with E-state index < -0.39 is 41.3 Å². The van der Waals surface area contributed by atoms with Crippen LogP contribution in [0.2, 0.25) is 5.02 Å². The number of piperazine rings is 1. The Morgan fingerprint density at radius 2 is 1.84 bits per heavy atom. The van der Waals surface area contributed by atoms with Gasteiger partial charge in [0.2, 0.25) is 0 Å². The number of nitrogens with two attached hydrogens (primary N) is 2. The highest BCUT2D eigenvalue weighted by Crippen LogP contribution is 2.45. The number of nitrogens with zero attached hydrogens (tertiary/aromatic N) is 8. The Kier molecular flexibility index (Phi) is 14.3. The highest BCUT2D eigenvalue weighted by atomic mass is 35.5. The van der Waals surface area contributed by atoms with Gasteiger partial charge in [-0.1, -0.05) is 37.3 Å². The smallest absolute Gasteiger partial charge is 0.404 e. The van der Waals surface area contributed by atoms with E-state index in [-0.39, 0.29) is 128 Å². The SMILES string of the molecule is C=C(COC(N)=O)C(=O)N1CCN(c2nc(OC[C@@]34CCCN3CC(F)C4)nc3c(F)c(C4=c5c(C#N)c(N)sc5=C(F)CC=C4)c(Cl)cc23)[C@@H](C)C1.CCC1C(=O)OCc2c1cc1n(c2=O)Cc2c-1nc1cc(F)c(C)c3c1c2CCC3. The van der Waals surface area contributed by atoms with Gasteiger partial charge in [0.1, 0.15) is 60.0 Å². The molecular weight excluding hydrogens is 1120 g/mol. The van der Waals surface area contributed by atoms with Gasteiger partial charge in [-0.3, -0.25) is 19.3 Å². The molecule has 0 bridgehead atoms. The number of thiophene rings is 1. The third-order valence-corrected chi connectivity index (χ3v) is 18.8. The van der Waals surface area contributed by atoms with Gasteiger partial charge >= 0.3 is 18.1 Å². The molecule has 13 rings (SSSR count). The summed E-state index contributed by atoms with van der Waals surface area (Å²) in [6.45, 7) is 11.3. The molecule has 4 N–H and O–H groups in total. The second-order valence-corrected chi connectivity index (χ2v) is 23.7. The number of amides is 2. The average molecular weight is 1170 g/mol. The molecule has 3 saturated heterocycles. The van der Waals surface area contributed by atoms with Crippen molar-refractivity contribution in [3.8, 4) is 23.5 Å². The molecule has 9 heterocycles. The van der Waals surface area contributed by atoms with E-state index in [1.807, 2.05) is 37.8 Å². The van der Waals surface area contributed by atoms with E-state index in [1.165, 1.54) is 29.8 Å². The molecule has 2 aromatic carbocycles. The van der Waals surface area contributed by atoms with Crippen molar-refractivity contribution in [1.82, 2.24) is 29.3 Å². The summed E-state index contributed by atoms with van der Waals surface area (Å²) in [5.74, 6) is -2.42. The molecule has 2 unspecified atom stereocenters. The molecule has 2 aliphatic carbocycles. The molecule has 5 aliphatic heterocycles. The number of esters is 1. The van der Waals surface area contributed by atoms with Crippen LogP contribution in [0.25, 0.3) is 44.6 Å². The molecular formula is C60H57ClF4N10O7S. The number of alkyl halides is 1. The monoisotopic (exact) mass is 1170 g/mol. The van der Waals surface area contributed by atoms with Gasteiger partial charge in [0.25, 0.3) is 11.5 Å². The number of fused-ring (bicyclic) bond motifs is 8. The molecule has 17 nitrogen and oxygen atoms in total. The number of benzene rings is 2. The number of halogens is 5. The second kappa shape index (κ2) is 21.4. The van der Waals surface area contributed by atoms with Crippen LogP contribution >= 0.6 is 22.9 Å². The number of ether oxygens (including phenoxy) is 3. The van der Waals surface area contributed by atoms with Gasteiger partial charge in [-0.25, -0.2) is 27.3 Å². The Bertz CT molecular complexity index is 4130. The fourth-order valence-corrected chi connectivity index (χ4v) is 14.7. The Labute approximate surface area is 482 Å². The summed E-state index contributed by atoms with van der Waals surface area (Å²) in [6.07, 6.45) is 6.16.